The number of aliphatic hydroxyl groups excluding tert-OH is 1. The van der Waals surface area contributed by atoms with Crippen molar-refractivity contribution in [2.75, 3.05) is 26.4 Å². The second-order valence-electron chi connectivity index (χ2n) is 18.0. The Kier molecular flexibility index (Phi) is 47.4. The van der Waals surface area contributed by atoms with Crippen molar-refractivity contribution >= 4 is 25.7 Å². The van der Waals surface area contributed by atoms with E-state index < -0.39 is 57.8 Å². The van der Waals surface area contributed by atoms with Gasteiger partial charge in [0.15, 0.2) is 6.10 Å². The lowest BCUT2D eigenvalue weighted by molar-refractivity contribution is -0.161. The van der Waals surface area contributed by atoms with E-state index in [1.54, 1.807) is 0 Å². The molecule has 0 aliphatic carbocycles. The van der Waals surface area contributed by atoms with Crippen LogP contribution in [0.15, 0.2) is 36.5 Å². The fourth-order valence-electron chi connectivity index (χ4n) is 7.49. The van der Waals surface area contributed by atoms with Crippen molar-refractivity contribution in [1.29, 1.82) is 0 Å². The van der Waals surface area contributed by atoms with E-state index in [0.29, 0.717) is 19.3 Å². The van der Waals surface area contributed by atoms with Gasteiger partial charge in [-0.15, -0.1) is 0 Å². The number of ether oxygens (including phenoxy) is 3. The number of carbonyl (C=O) groups is 3. The average Bonchev–Trinajstić information content (AvgIpc) is 3.30. The number of rotatable bonds is 50. The highest BCUT2D eigenvalue weighted by molar-refractivity contribution is 7.47. The monoisotopic (exact) mass is 955 g/mol. The van der Waals surface area contributed by atoms with Gasteiger partial charge >= 0.3 is 25.7 Å². The number of phosphoric acid groups is 1. The minimum absolute atomic E-state index is 0.169. The molecule has 66 heavy (non-hydrogen) atoms. The molecule has 0 saturated carbocycles. The molecule has 0 saturated heterocycles. The highest BCUT2D eigenvalue weighted by atomic mass is 31.2. The van der Waals surface area contributed by atoms with Crippen molar-refractivity contribution in [3.63, 3.8) is 0 Å². The summed E-state index contributed by atoms with van der Waals surface area (Å²) in [6.45, 7) is 4.51. The van der Waals surface area contributed by atoms with Gasteiger partial charge in [-0.2, -0.15) is 0 Å². The molecule has 0 heterocycles. The van der Waals surface area contributed by atoms with E-state index in [1.807, 2.05) is 0 Å². The van der Waals surface area contributed by atoms with E-state index >= 15 is 0 Å². The van der Waals surface area contributed by atoms with Gasteiger partial charge in [-0.05, 0) is 51.4 Å². The van der Waals surface area contributed by atoms with E-state index in [9.17, 15) is 28.9 Å². The van der Waals surface area contributed by atoms with Gasteiger partial charge in [0.1, 0.15) is 12.7 Å². The second-order valence-corrected chi connectivity index (χ2v) is 19.5. The molecule has 3 unspecified atom stereocenters. The molecule has 0 spiro atoms. The Balaban J connectivity index is 4.74. The quantitative estimate of drug-likeness (QED) is 0.0197. The maximum atomic E-state index is 12.9. The van der Waals surface area contributed by atoms with Crippen molar-refractivity contribution in [3.8, 4) is 0 Å². The van der Waals surface area contributed by atoms with Crippen molar-refractivity contribution < 1.29 is 52.2 Å². The standard InChI is InChI=1S/C54H99O11P/c1-4-7-10-13-16-19-21-23-25-27-29-32-34-37-40-43-52(56)61-47-51(65-54(58)45-42-39-36-33-30-28-26-24-22-20-17-14-11-8-5-2)49-63-66(59,60)62-48-50(46-55)64-53(57)44-41-38-35-31-18-15-12-9-6-3/h7,10,16,19,23,25,50-51,55H,4-6,8-9,11-15,17-18,20-22,24,26-49H2,1-3H3,(H,59,60)/b10-7-,19-16-,25-23-. The predicted molar refractivity (Wildman–Crippen MR) is 270 cm³/mol. The summed E-state index contributed by atoms with van der Waals surface area (Å²) in [7, 11) is -4.74. The van der Waals surface area contributed by atoms with Crippen molar-refractivity contribution in [1.82, 2.24) is 0 Å². The van der Waals surface area contributed by atoms with Crippen LogP contribution in [0.1, 0.15) is 252 Å². The Bertz CT molecular complexity index is 1250. The highest BCUT2D eigenvalue weighted by Gasteiger charge is 2.28. The summed E-state index contributed by atoms with van der Waals surface area (Å²) in [5.41, 5.74) is 0. The molecule has 0 amide bonds. The molecular weight excluding hydrogens is 856 g/mol. The third-order valence-corrected chi connectivity index (χ3v) is 12.5. The van der Waals surface area contributed by atoms with Gasteiger partial charge in [0.05, 0.1) is 19.8 Å². The normalized spacial score (nSPS) is 13.7. The van der Waals surface area contributed by atoms with Gasteiger partial charge in [-0.3, -0.25) is 23.4 Å². The summed E-state index contributed by atoms with van der Waals surface area (Å²) in [6.07, 6.45) is 48.3. The zero-order chi connectivity index (χ0) is 48.4. The van der Waals surface area contributed by atoms with Crippen LogP contribution in [-0.4, -0.2) is 66.5 Å². The van der Waals surface area contributed by atoms with Crippen LogP contribution in [0.4, 0.5) is 0 Å². The Labute approximate surface area is 403 Å². The van der Waals surface area contributed by atoms with Crippen LogP contribution < -0.4 is 0 Å². The number of esters is 3. The molecule has 0 radical (unpaired) electrons. The third kappa shape index (κ3) is 46.8. The zero-order valence-electron chi connectivity index (χ0n) is 42.4. The Morgan fingerprint density at radius 3 is 1.21 bits per heavy atom. The highest BCUT2D eigenvalue weighted by Crippen LogP contribution is 2.43. The third-order valence-electron chi connectivity index (χ3n) is 11.6. The maximum Gasteiger partial charge on any atom is 0.472 e. The molecule has 0 aliphatic rings. The minimum atomic E-state index is -4.74. The number of phosphoric ester groups is 1. The lowest BCUT2D eigenvalue weighted by atomic mass is 10.0. The SMILES string of the molecule is CC/C=C\C/C=C\C/C=C\CCCCCCCC(=O)OCC(COP(=O)(O)OCC(CO)OC(=O)CCCCCCCCCCC)OC(=O)CCCCCCCCCCCCCCCCC. The van der Waals surface area contributed by atoms with Gasteiger partial charge in [-0.25, -0.2) is 4.57 Å². The van der Waals surface area contributed by atoms with Gasteiger partial charge in [0.25, 0.3) is 0 Å². The van der Waals surface area contributed by atoms with Gasteiger partial charge < -0.3 is 24.2 Å². The molecule has 0 aromatic carbocycles. The van der Waals surface area contributed by atoms with Gasteiger partial charge in [0.2, 0.25) is 0 Å². The topological polar surface area (TPSA) is 155 Å². The number of aliphatic hydroxyl groups is 1. The van der Waals surface area contributed by atoms with Crippen LogP contribution in [0, 0.1) is 0 Å². The van der Waals surface area contributed by atoms with Gasteiger partial charge in [-0.1, -0.05) is 218 Å². The fourth-order valence-corrected chi connectivity index (χ4v) is 8.27. The lowest BCUT2D eigenvalue weighted by Crippen LogP contribution is -2.30. The number of allylic oxidation sites excluding steroid dienone is 6. The maximum absolute atomic E-state index is 12.9. The molecule has 12 heteroatoms. The largest absolute Gasteiger partial charge is 0.472 e. The first-order valence-electron chi connectivity index (χ1n) is 26.9. The number of carbonyl (C=O) groups excluding carboxylic acids is 3. The first-order chi connectivity index (χ1) is 32.2. The molecule has 386 valence electrons. The molecule has 0 bridgehead atoms. The van der Waals surface area contributed by atoms with Crippen LogP contribution in [-0.2, 0) is 42.2 Å². The van der Waals surface area contributed by atoms with E-state index in [4.69, 9.17) is 23.3 Å². The van der Waals surface area contributed by atoms with Crippen molar-refractivity contribution in [2.45, 2.75) is 264 Å². The number of unbranched alkanes of at least 4 members (excludes halogenated alkanes) is 27. The van der Waals surface area contributed by atoms with Crippen molar-refractivity contribution in [2.24, 2.45) is 0 Å². The second kappa shape index (κ2) is 49.1. The summed E-state index contributed by atoms with van der Waals surface area (Å²) in [4.78, 5) is 48.3. The Hall–Kier alpha value is -2.30. The summed E-state index contributed by atoms with van der Waals surface area (Å²) in [5.74, 6) is -1.47. The van der Waals surface area contributed by atoms with E-state index in [0.717, 1.165) is 89.9 Å². The smallest absolute Gasteiger partial charge is 0.462 e. The van der Waals surface area contributed by atoms with Crippen LogP contribution in [0.2, 0.25) is 0 Å². The first-order valence-corrected chi connectivity index (χ1v) is 28.4. The molecule has 2 N–H and O–H groups in total. The summed E-state index contributed by atoms with van der Waals surface area (Å²) >= 11 is 0. The molecule has 0 rings (SSSR count). The van der Waals surface area contributed by atoms with Crippen LogP contribution in [0.25, 0.3) is 0 Å². The minimum Gasteiger partial charge on any atom is -0.462 e. The van der Waals surface area contributed by atoms with E-state index in [1.165, 1.54) is 103 Å². The summed E-state index contributed by atoms with van der Waals surface area (Å²) in [5, 5.41) is 9.75. The Morgan fingerprint density at radius 2 is 0.788 bits per heavy atom. The summed E-state index contributed by atoms with van der Waals surface area (Å²) in [6, 6.07) is 0. The van der Waals surface area contributed by atoms with Crippen LogP contribution in [0.5, 0.6) is 0 Å². The average molecular weight is 955 g/mol. The van der Waals surface area contributed by atoms with Crippen LogP contribution in [0.3, 0.4) is 0 Å². The molecule has 0 aliphatic heterocycles. The number of hydrogen-bond donors (Lipinski definition) is 2. The molecule has 0 aromatic rings. The molecule has 0 fully saturated rings. The zero-order valence-corrected chi connectivity index (χ0v) is 43.3. The van der Waals surface area contributed by atoms with Crippen LogP contribution >= 0.6 is 7.82 Å². The van der Waals surface area contributed by atoms with Crippen molar-refractivity contribution in [3.05, 3.63) is 36.5 Å². The first kappa shape index (κ1) is 63.7. The summed E-state index contributed by atoms with van der Waals surface area (Å²) < 4.78 is 39.3. The van der Waals surface area contributed by atoms with E-state index in [-0.39, 0.29) is 25.9 Å². The number of hydrogen-bond acceptors (Lipinski definition) is 10. The predicted octanol–water partition coefficient (Wildman–Crippen LogP) is 15.3. The lowest BCUT2D eigenvalue weighted by Gasteiger charge is -2.21. The van der Waals surface area contributed by atoms with Gasteiger partial charge in [0, 0.05) is 19.3 Å². The molecule has 0 aromatic heterocycles. The molecule has 3 atom stereocenters. The molecule has 11 nitrogen and oxygen atoms in total. The Morgan fingerprint density at radius 1 is 0.439 bits per heavy atom. The fraction of sp³-hybridized carbons (Fsp3) is 0.833. The van der Waals surface area contributed by atoms with E-state index in [2.05, 4.69) is 57.2 Å². The molecular formula is C54H99O11P.